The molecular formula is C15H14F2N2O. The molecule has 0 heterocycles. The minimum atomic E-state index is -0.509. The van der Waals surface area contributed by atoms with Gasteiger partial charge in [-0.15, -0.1) is 0 Å². The molecule has 2 aromatic rings. The van der Waals surface area contributed by atoms with E-state index in [1.807, 2.05) is 0 Å². The van der Waals surface area contributed by atoms with E-state index in [1.54, 1.807) is 19.1 Å². The average molecular weight is 276 g/mol. The molecule has 0 saturated carbocycles. The standard InChI is InChI=1S/C15H14F2N2O/c1-10(18-13-6-2-11(16)3-7-13)15(20)19-14-8-4-12(17)5-9-14/h2-10,18H,1H3,(H,19,20)/t10-/m1/s1. The summed E-state index contributed by atoms with van der Waals surface area (Å²) < 4.78 is 25.5. The van der Waals surface area contributed by atoms with Crippen molar-refractivity contribution >= 4 is 17.3 Å². The number of benzene rings is 2. The van der Waals surface area contributed by atoms with Crippen molar-refractivity contribution in [1.82, 2.24) is 0 Å². The fraction of sp³-hybridized carbons (Fsp3) is 0.133. The highest BCUT2D eigenvalue weighted by Crippen LogP contribution is 2.12. The number of hydrogen-bond acceptors (Lipinski definition) is 2. The van der Waals surface area contributed by atoms with Crippen LogP contribution in [0.15, 0.2) is 48.5 Å². The van der Waals surface area contributed by atoms with Crippen molar-refractivity contribution in [3.8, 4) is 0 Å². The van der Waals surface area contributed by atoms with Crippen LogP contribution in [0.1, 0.15) is 6.92 Å². The van der Waals surface area contributed by atoms with Crippen molar-refractivity contribution in [3.63, 3.8) is 0 Å². The molecule has 0 radical (unpaired) electrons. The zero-order valence-corrected chi connectivity index (χ0v) is 10.9. The molecule has 104 valence electrons. The van der Waals surface area contributed by atoms with E-state index in [-0.39, 0.29) is 17.5 Å². The van der Waals surface area contributed by atoms with Gasteiger partial charge in [0, 0.05) is 11.4 Å². The van der Waals surface area contributed by atoms with Crippen molar-refractivity contribution in [2.45, 2.75) is 13.0 Å². The number of carbonyl (C=O) groups is 1. The molecule has 0 aliphatic rings. The van der Waals surface area contributed by atoms with Gasteiger partial charge in [-0.3, -0.25) is 4.79 Å². The fourth-order valence-corrected chi connectivity index (χ4v) is 1.65. The van der Waals surface area contributed by atoms with Gasteiger partial charge in [0.1, 0.15) is 17.7 Å². The first kappa shape index (κ1) is 14.0. The summed E-state index contributed by atoms with van der Waals surface area (Å²) in [5.41, 5.74) is 1.16. The SMILES string of the molecule is C[C@@H](Nc1ccc(F)cc1)C(=O)Nc1ccc(F)cc1. The third kappa shape index (κ3) is 3.78. The summed E-state index contributed by atoms with van der Waals surface area (Å²) in [6.07, 6.45) is 0. The predicted octanol–water partition coefficient (Wildman–Crippen LogP) is 3.40. The molecule has 2 rings (SSSR count). The van der Waals surface area contributed by atoms with Crippen LogP contribution in [0.4, 0.5) is 20.2 Å². The van der Waals surface area contributed by atoms with Crippen LogP contribution in [0.25, 0.3) is 0 Å². The maximum atomic E-state index is 12.8. The minimum absolute atomic E-state index is 0.263. The zero-order chi connectivity index (χ0) is 14.5. The summed E-state index contributed by atoms with van der Waals surface area (Å²) in [7, 11) is 0. The molecule has 3 nitrogen and oxygen atoms in total. The first-order valence-corrected chi connectivity index (χ1v) is 6.13. The molecule has 5 heteroatoms. The van der Waals surface area contributed by atoms with E-state index in [4.69, 9.17) is 0 Å². The number of carbonyl (C=O) groups excluding carboxylic acids is 1. The lowest BCUT2D eigenvalue weighted by molar-refractivity contribution is -0.116. The maximum Gasteiger partial charge on any atom is 0.246 e. The number of nitrogens with one attached hydrogen (secondary N) is 2. The van der Waals surface area contributed by atoms with Gasteiger partial charge in [0.2, 0.25) is 5.91 Å². The number of anilines is 2. The van der Waals surface area contributed by atoms with Crippen molar-refractivity contribution in [3.05, 3.63) is 60.2 Å². The molecule has 0 aromatic heterocycles. The normalized spacial score (nSPS) is 11.8. The van der Waals surface area contributed by atoms with Crippen molar-refractivity contribution in [2.75, 3.05) is 10.6 Å². The second-order valence-corrected chi connectivity index (χ2v) is 4.37. The number of amides is 1. The molecule has 0 aliphatic carbocycles. The topological polar surface area (TPSA) is 41.1 Å². The molecule has 0 bridgehead atoms. The molecule has 2 aromatic carbocycles. The van der Waals surface area contributed by atoms with Crippen LogP contribution in [-0.4, -0.2) is 11.9 Å². The first-order valence-electron chi connectivity index (χ1n) is 6.13. The third-order valence-corrected chi connectivity index (χ3v) is 2.73. The molecule has 0 fully saturated rings. The lowest BCUT2D eigenvalue weighted by Gasteiger charge is -2.15. The second-order valence-electron chi connectivity index (χ2n) is 4.37. The maximum absolute atomic E-state index is 12.8. The van der Waals surface area contributed by atoms with Gasteiger partial charge in [-0.1, -0.05) is 0 Å². The van der Waals surface area contributed by atoms with Gasteiger partial charge in [0.25, 0.3) is 0 Å². The third-order valence-electron chi connectivity index (χ3n) is 2.73. The minimum Gasteiger partial charge on any atom is -0.374 e. The van der Waals surface area contributed by atoms with Crippen molar-refractivity contribution in [1.29, 1.82) is 0 Å². The van der Waals surface area contributed by atoms with Crippen LogP contribution in [0, 0.1) is 11.6 Å². The van der Waals surface area contributed by atoms with Gasteiger partial charge >= 0.3 is 0 Å². The van der Waals surface area contributed by atoms with Crippen molar-refractivity contribution < 1.29 is 13.6 Å². The molecule has 1 amide bonds. The second kappa shape index (κ2) is 6.14. The van der Waals surface area contributed by atoms with E-state index in [0.29, 0.717) is 11.4 Å². The summed E-state index contributed by atoms with van der Waals surface area (Å²) in [4.78, 5) is 11.9. The molecule has 0 saturated heterocycles. The monoisotopic (exact) mass is 276 g/mol. The molecule has 0 aliphatic heterocycles. The van der Waals surface area contributed by atoms with Crippen LogP contribution in [0.2, 0.25) is 0 Å². The molecule has 2 N–H and O–H groups in total. The molecular weight excluding hydrogens is 262 g/mol. The predicted molar refractivity (Wildman–Crippen MR) is 74.5 cm³/mol. The Balaban J connectivity index is 1.94. The summed E-state index contributed by atoms with van der Waals surface area (Å²) >= 11 is 0. The Morgan fingerprint density at radius 2 is 1.35 bits per heavy atom. The highest BCUT2D eigenvalue weighted by atomic mass is 19.1. The van der Waals surface area contributed by atoms with Crippen LogP contribution < -0.4 is 10.6 Å². The van der Waals surface area contributed by atoms with Crippen LogP contribution in [0.3, 0.4) is 0 Å². The van der Waals surface area contributed by atoms with Crippen LogP contribution in [-0.2, 0) is 4.79 Å². The Labute approximate surface area is 115 Å². The highest BCUT2D eigenvalue weighted by molar-refractivity contribution is 5.96. The number of hydrogen-bond donors (Lipinski definition) is 2. The van der Waals surface area contributed by atoms with E-state index in [0.717, 1.165) is 0 Å². The smallest absolute Gasteiger partial charge is 0.246 e. The van der Waals surface area contributed by atoms with Crippen molar-refractivity contribution in [2.24, 2.45) is 0 Å². The molecule has 1 atom stereocenters. The molecule has 0 spiro atoms. The van der Waals surface area contributed by atoms with E-state index in [1.165, 1.54) is 36.4 Å². The van der Waals surface area contributed by atoms with E-state index in [9.17, 15) is 13.6 Å². The Hall–Kier alpha value is -2.43. The molecule has 20 heavy (non-hydrogen) atoms. The summed E-state index contributed by atoms with van der Waals surface area (Å²) in [6, 6.07) is 10.7. The van der Waals surface area contributed by atoms with E-state index >= 15 is 0 Å². The number of rotatable bonds is 4. The van der Waals surface area contributed by atoms with Gasteiger partial charge in [-0.25, -0.2) is 8.78 Å². The van der Waals surface area contributed by atoms with Gasteiger partial charge in [-0.05, 0) is 55.5 Å². The van der Waals surface area contributed by atoms with E-state index < -0.39 is 6.04 Å². The van der Waals surface area contributed by atoms with Gasteiger partial charge in [0.15, 0.2) is 0 Å². The Morgan fingerprint density at radius 1 is 0.900 bits per heavy atom. The fourth-order valence-electron chi connectivity index (χ4n) is 1.65. The number of halogens is 2. The quantitative estimate of drug-likeness (QED) is 0.898. The van der Waals surface area contributed by atoms with Gasteiger partial charge in [0.05, 0.1) is 0 Å². The summed E-state index contributed by atoms with van der Waals surface area (Å²) in [5.74, 6) is -0.958. The summed E-state index contributed by atoms with van der Waals surface area (Å²) in [6.45, 7) is 1.68. The van der Waals surface area contributed by atoms with E-state index in [2.05, 4.69) is 10.6 Å². The van der Waals surface area contributed by atoms with Gasteiger partial charge < -0.3 is 10.6 Å². The average Bonchev–Trinajstić information content (AvgIpc) is 2.44. The highest BCUT2D eigenvalue weighted by Gasteiger charge is 2.12. The van der Waals surface area contributed by atoms with Gasteiger partial charge in [-0.2, -0.15) is 0 Å². The summed E-state index contributed by atoms with van der Waals surface area (Å²) in [5, 5.41) is 5.61. The first-order chi connectivity index (χ1) is 9.54. The zero-order valence-electron chi connectivity index (χ0n) is 10.9. The lowest BCUT2D eigenvalue weighted by Crippen LogP contribution is -2.31. The largest absolute Gasteiger partial charge is 0.374 e. The lowest BCUT2D eigenvalue weighted by atomic mass is 10.2. The Bertz CT molecular complexity index is 582. The Morgan fingerprint density at radius 3 is 1.85 bits per heavy atom. The van der Waals surface area contributed by atoms with Crippen LogP contribution in [0.5, 0.6) is 0 Å². The van der Waals surface area contributed by atoms with Crippen LogP contribution >= 0.6 is 0 Å². The Kier molecular flexibility index (Phi) is 4.30. The molecule has 0 unspecified atom stereocenters.